The van der Waals surface area contributed by atoms with Crippen LogP contribution in [-0.2, 0) is 16.1 Å². The Labute approximate surface area is 223 Å². The van der Waals surface area contributed by atoms with E-state index < -0.39 is 0 Å². The summed E-state index contributed by atoms with van der Waals surface area (Å²) in [5.74, 6) is 0.670. The number of rotatable bonds is 8. The summed E-state index contributed by atoms with van der Waals surface area (Å²) in [5, 5.41) is 3.31. The van der Waals surface area contributed by atoms with Gasteiger partial charge in [-0.2, -0.15) is 0 Å². The van der Waals surface area contributed by atoms with E-state index in [1.165, 1.54) is 5.56 Å². The predicted octanol–water partition coefficient (Wildman–Crippen LogP) is 5.10. The number of amides is 2. The summed E-state index contributed by atoms with van der Waals surface area (Å²) in [6.45, 7) is 4.32. The van der Waals surface area contributed by atoms with Crippen LogP contribution in [0.4, 0.5) is 0 Å². The van der Waals surface area contributed by atoms with E-state index in [0.717, 1.165) is 87.7 Å². The van der Waals surface area contributed by atoms with Crippen molar-refractivity contribution in [1.82, 2.24) is 20.1 Å². The SMILES string of the molecule is O=C(NC(CCN1CCC2(CC1)CCN(Cc1ccc(Br)cc1)C2=O)c1ccccn1)C1CCCC1. The molecule has 1 atom stereocenters. The first-order valence-corrected chi connectivity index (χ1v) is 14.3. The molecule has 1 aromatic carbocycles. The molecule has 2 aliphatic heterocycles. The van der Waals surface area contributed by atoms with E-state index in [4.69, 9.17) is 0 Å². The van der Waals surface area contributed by atoms with Crippen LogP contribution in [-0.4, -0.2) is 52.8 Å². The van der Waals surface area contributed by atoms with Crippen LogP contribution in [0, 0.1) is 11.3 Å². The van der Waals surface area contributed by atoms with E-state index in [2.05, 4.69) is 48.2 Å². The van der Waals surface area contributed by atoms with Gasteiger partial charge in [0.05, 0.1) is 17.2 Å². The highest BCUT2D eigenvalue weighted by atomic mass is 79.9. The van der Waals surface area contributed by atoms with E-state index >= 15 is 0 Å². The van der Waals surface area contributed by atoms with Gasteiger partial charge in [0.25, 0.3) is 0 Å². The van der Waals surface area contributed by atoms with Gasteiger partial charge in [0.1, 0.15) is 0 Å². The molecule has 1 N–H and O–H groups in total. The largest absolute Gasteiger partial charge is 0.347 e. The number of carbonyl (C=O) groups is 2. The number of hydrogen-bond donors (Lipinski definition) is 1. The molecule has 192 valence electrons. The van der Waals surface area contributed by atoms with Crippen molar-refractivity contribution in [2.24, 2.45) is 11.3 Å². The van der Waals surface area contributed by atoms with Crippen molar-refractivity contribution in [1.29, 1.82) is 0 Å². The molecule has 1 unspecified atom stereocenters. The van der Waals surface area contributed by atoms with Gasteiger partial charge < -0.3 is 15.1 Å². The second-order valence-electron chi connectivity index (χ2n) is 10.8. The fourth-order valence-electron chi connectivity index (χ4n) is 6.19. The van der Waals surface area contributed by atoms with E-state index in [-0.39, 0.29) is 23.3 Å². The molecule has 1 aromatic heterocycles. The number of nitrogens with zero attached hydrogens (tertiary/aromatic N) is 3. The van der Waals surface area contributed by atoms with Gasteiger partial charge in [-0.3, -0.25) is 14.6 Å². The maximum atomic E-state index is 13.4. The van der Waals surface area contributed by atoms with Crippen LogP contribution in [0.5, 0.6) is 0 Å². The minimum Gasteiger partial charge on any atom is -0.347 e. The maximum absolute atomic E-state index is 13.4. The van der Waals surface area contributed by atoms with E-state index in [9.17, 15) is 9.59 Å². The van der Waals surface area contributed by atoms with E-state index in [1.807, 2.05) is 30.3 Å². The van der Waals surface area contributed by atoms with Crippen molar-refractivity contribution in [3.63, 3.8) is 0 Å². The molecule has 5 rings (SSSR count). The number of benzene rings is 1. The monoisotopic (exact) mass is 552 g/mol. The van der Waals surface area contributed by atoms with Crippen LogP contribution < -0.4 is 5.32 Å². The van der Waals surface area contributed by atoms with Gasteiger partial charge in [0.15, 0.2) is 0 Å². The molecule has 0 radical (unpaired) electrons. The molecule has 6 nitrogen and oxygen atoms in total. The van der Waals surface area contributed by atoms with Gasteiger partial charge in [-0.1, -0.05) is 47.0 Å². The second kappa shape index (κ2) is 11.4. The number of likely N-dealkylation sites (tertiary alicyclic amines) is 2. The minimum absolute atomic E-state index is 0.0651. The number of nitrogens with one attached hydrogen (secondary N) is 1. The summed E-state index contributed by atoms with van der Waals surface area (Å²) in [4.78, 5) is 35.3. The van der Waals surface area contributed by atoms with Crippen molar-refractivity contribution in [2.75, 3.05) is 26.2 Å². The molecule has 0 bridgehead atoms. The molecule has 7 heteroatoms. The third-order valence-electron chi connectivity index (χ3n) is 8.52. The van der Waals surface area contributed by atoms with E-state index in [1.54, 1.807) is 6.20 Å². The molecular weight excluding hydrogens is 516 g/mol. The van der Waals surface area contributed by atoms with Crippen LogP contribution in [0.1, 0.15) is 68.7 Å². The highest BCUT2D eigenvalue weighted by Crippen LogP contribution is 2.42. The molecule has 36 heavy (non-hydrogen) atoms. The Morgan fingerprint density at radius 3 is 2.47 bits per heavy atom. The Morgan fingerprint density at radius 2 is 1.78 bits per heavy atom. The van der Waals surface area contributed by atoms with Gasteiger partial charge in [0.2, 0.25) is 11.8 Å². The molecule has 3 heterocycles. The topological polar surface area (TPSA) is 65.5 Å². The van der Waals surface area contributed by atoms with Crippen molar-refractivity contribution in [3.05, 3.63) is 64.4 Å². The van der Waals surface area contributed by atoms with Crippen LogP contribution >= 0.6 is 15.9 Å². The zero-order valence-electron chi connectivity index (χ0n) is 21.0. The smallest absolute Gasteiger partial charge is 0.229 e. The lowest BCUT2D eigenvalue weighted by Crippen LogP contribution is -2.45. The summed E-state index contributed by atoms with van der Waals surface area (Å²) in [6, 6.07) is 14.1. The van der Waals surface area contributed by atoms with E-state index in [0.29, 0.717) is 12.5 Å². The summed E-state index contributed by atoms with van der Waals surface area (Å²) >= 11 is 3.49. The average Bonchev–Trinajstić information content (AvgIpc) is 3.55. The first-order valence-electron chi connectivity index (χ1n) is 13.5. The molecule has 2 aromatic rings. The maximum Gasteiger partial charge on any atom is 0.229 e. The standard InChI is InChI=1S/C29H37BrN4O2/c30-24-10-8-22(9-11-24)21-34-20-15-29(28(34)36)13-18-33(19-14-29)17-12-26(25-7-3-4-16-31-25)32-27(35)23-5-1-2-6-23/h3-4,7-11,16,23,26H,1-2,5-6,12-15,17-21H2,(H,32,35). The Bertz CT molecular complexity index is 1030. The van der Waals surface area contributed by atoms with Gasteiger partial charge >= 0.3 is 0 Å². The second-order valence-corrected chi connectivity index (χ2v) is 11.7. The molecule has 3 fully saturated rings. The first kappa shape index (κ1) is 25.4. The Balaban J connectivity index is 1.14. The molecule has 2 saturated heterocycles. The molecule has 2 amide bonds. The number of piperidine rings is 1. The van der Waals surface area contributed by atoms with Crippen molar-refractivity contribution >= 4 is 27.7 Å². The number of carbonyl (C=O) groups excluding carboxylic acids is 2. The fourth-order valence-corrected chi connectivity index (χ4v) is 6.45. The van der Waals surface area contributed by atoms with Crippen molar-refractivity contribution < 1.29 is 9.59 Å². The Hall–Kier alpha value is -2.25. The van der Waals surface area contributed by atoms with Gasteiger partial charge in [-0.15, -0.1) is 0 Å². The Morgan fingerprint density at radius 1 is 1.06 bits per heavy atom. The number of aromatic nitrogens is 1. The zero-order valence-corrected chi connectivity index (χ0v) is 22.6. The van der Waals surface area contributed by atoms with Gasteiger partial charge in [0, 0.05) is 36.2 Å². The highest BCUT2D eigenvalue weighted by Gasteiger charge is 2.47. The van der Waals surface area contributed by atoms with Gasteiger partial charge in [-0.25, -0.2) is 0 Å². The highest BCUT2D eigenvalue weighted by molar-refractivity contribution is 9.10. The summed E-state index contributed by atoms with van der Waals surface area (Å²) in [5.41, 5.74) is 1.93. The minimum atomic E-state index is -0.192. The van der Waals surface area contributed by atoms with Crippen LogP contribution in [0.25, 0.3) is 0 Å². The van der Waals surface area contributed by atoms with Crippen molar-refractivity contribution in [3.8, 4) is 0 Å². The number of hydrogen-bond acceptors (Lipinski definition) is 4. The molecule has 1 spiro atoms. The van der Waals surface area contributed by atoms with Crippen LogP contribution in [0.2, 0.25) is 0 Å². The molecule has 1 aliphatic carbocycles. The third-order valence-corrected chi connectivity index (χ3v) is 9.05. The molecule has 1 saturated carbocycles. The van der Waals surface area contributed by atoms with Crippen molar-refractivity contribution in [2.45, 2.75) is 64.0 Å². The number of halogens is 1. The number of pyridine rings is 1. The van der Waals surface area contributed by atoms with Gasteiger partial charge in [-0.05, 0) is 81.4 Å². The summed E-state index contributed by atoms with van der Waals surface area (Å²) < 4.78 is 1.06. The summed E-state index contributed by atoms with van der Waals surface area (Å²) in [6.07, 6.45) is 9.76. The predicted molar refractivity (Wildman–Crippen MR) is 144 cm³/mol. The normalized spacial score (nSPS) is 21.2. The lowest BCUT2D eigenvalue weighted by Gasteiger charge is -2.38. The zero-order chi connectivity index (χ0) is 25.0. The lowest BCUT2D eigenvalue weighted by atomic mass is 9.77. The summed E-state index contributed by atoms with van der Waals surface area (Å²) in [7, 11) is 0. The van der Waals surface area contributed by atoms with Crippen LogP contribution in [0.15, 0.2) is 53.1 Å². The lowest BCUT2D eigenvalue weighted by molar-refractivity contribution is -0.139. The van der Waals surface area contributed by atoms with Crippen LogP contribution in [0.3, 0.4) is 0 Å². The molecule has 3 aliphatic rings. The first-order chi connectivity index (χ1) is 17.5. The average molecular weight is 554 g/mol. The fraction of sp³-hybridized carbons (Fsp3) is 0.552. The Kier molecular flexibility index (Phi) is 8.06. The third kappa shape index (κ3) is 5.83. The molecular formula is C29H37BrN4O2. The quantitative estimate of drug-likeness (QED) is 0.495.